The van der Waals surface area contributed by atoms with Crippen molar-refractivity contribution in [2.75, 3.05) is 0 Å². The highest BCUT2D eigenvalue weighted by atomic mass is 32.2. The van der Waals surface area contributed by atoms with Crippen molar-refractivity contribution in [1.82, 2.24) is 14.5 Å². The van der Waals surface area contributed by atoms with Crippen LogP contribution < -0.4 is 5.14 Å². The van der Waals surface area contributed by atoms with Gasteiger partial charge >= 0.3 is 0 Å². The normalized spacial score (nSPS) is 11.5. The Balaban J connectivity index is 1.68. The molecule has 30 heavy (non-hydrogen) atoms. The van der Waals surface area contributed by atoms with Gasteiger partial charge in [-0.25, -0.2) is 18.5 Å². The number of imidazole rings is 1. The largest absolute Gasteiger partial charge is 0.299 e. The van der Waals surface area contributed by atoms with Crippen molar-refractivity contribution < 1.29 is 8.42 Å². The molecule has 0 bridgehead atoms. The van der Waals surface area contributed by atoms with E-state index < -0.39 is 10.0 Å². The molecule has 2 heterocycles. The van der Waals surface area contributed by atoms with Crippen LogP contribution in [0.15, 0.2) is 89.0 Å². The molecule has 0 atom stereocenters. The number of thioether (sulfide) groups is 1. The van der Waals surface area contributed by atoms with Crippen LogP contribution in [0.5, 0.6) is 0 Å². The number of sulfonamides is 1. The van der Waals surface area contributed by atoms with Gasteiger partial charge in [0.1, 0.15) is 5.82 Å². The number of aromatic nitrogens is 3. The fourth-order valence-electron chi connectivity index (χ4n) is 2.98. The molecular formula is C22H20N4O2S2. The van der Waals surface area contributed by atoms with Crippen molar-refractivity contribution in [2.45, 2.75) is 22.5 Å². The average Bonchev–Trinajstić information content (AvgIpc) is 3.18. The molecule has 2 N–H and O–H groups in total. The molecule has 6 nitrogen and oxygen atoms in total. The highest BCUT2D eigenvalue weighted by molar-refractivity contribution is 7.98. The van der Waals surface area contributed by atoms with E-state index in [1.54, 1.807) is 36.3 Å². The third-order valence-corrected chi connectivity index (χ3v) is 6.50. The summed E-state index contributed by atoms with van der Waals surface area (Å²) >= 11 is 1.71. The monoisotopic (exact) mass is 436 g/mol. The summed E-state index contributed by atoms with van der Waals surface area (Å²) in [6, 6.07) is 18.6. The molecule has 0 saturated carbocycles. The Hall–Kier alpha value is -2.94. The topological polar surface area (TPSA) is 90.9 Å². The van der Waals surface area contributed by atoms with E-state index >= 15 is 0 Å². The summed E-state index contributed by atoms with van der Waals surface area (Å²) in [5.74, 6) is 1.45. The van der Waals surface area contributed by atoms with Crippen LogP contribution in [0.3, 0.4) is 0 Å². The van der Waals surface area contributed by atoms with Gasteiger partial charge in [0.15, 0.2) is 0 Å². The maximum absolute atomic E-state index is 11.6. The number of nitrogens with zero attached hydrogens (tertiary/aromatic N) is 3. The van der Waals surface area contributed by atoms with Crippen LogP contribution >= 0.6 is 11.8 Å². The lowest BCUT2D eigenvalue weighted by Crippen LogP contribution is -2.12. The van der Waals surface area contributed by atoms with Gasteiger partial charge in [-0.3, -0.25) is 9.55 Å². The molecule has 0 radical (unpaired) electrons. The Morgan fingerprint density at radius 3 is 2.40 bits per heavy atom. The maximum atomic E-state index is 11.6. The summed E-state index contributed by atoms with van der Waals surface area (Å²) in [6.07, 6.45) is 5.44. The first-order valence-electron chi connectivity index (χ1n) is 9.21. The number of primary sulfonamides is 1. The number of benzene rings is 2. The Morgan fingerprint density at radius 1 is 1.03 bits per heavy atom. The Labute approximate surface area is 179 Å². The number of nitrogens with two attached hydrogens (primary N) is 1. The lowest BCUT2D eigenvalue weighted by atomic mass is 10.2. The lowest BCUT2D eigenvalue weighted by molar-refractivity contribution is 0.598. The van der Waals surface area contributed by atoms with E-state index in [0.29, 0.717) is 5.75 Å². The van der Waals surface area contributed by atoms with Gasteiger partial charge in [-0.2, -0.15) is 0 Å². The van der Waals surface area contributed by atoms with Crippen LogP contribution in [-0.2, 0) is 15.8 Å². The molecule has 2 aromatic carbocycles. The smallest absolute Gasteiger partial charge is 0.238 e. The van der Waals surface area contributed by atoms with Gasteiger partial charge in [-0.05, 0) is 55.5 Å². The zero-order valence-corrected chi connectivity index (χ0v) is 17.9. The first-order chi connectivity index (χ1) is 14.4. The van der Waals surface area contributed by atoms with Gasteiger partial charge in [0.2, 0.25) is 10.0 Å². The van der Waals surface area contributed by atoms with Crippen LogP contribution in [0.25, 0.3) is 17.1 Å². The maximum Gasteiger partial charge on any atom is 0.238 e. The minimum absolute atomic E-state index is 0.0736. The van der Waals surface area contributed by atoms with E-state index in [1.807, 2.05) is 22.9 Å². The van der Waals surface area contributed by atoms with Gasteiger partial charge < -0.3 is 0 Å². The second kappa shape index (κ2) is 8.43. The molecular weight excluding hydrogens is 416 g/mol. The highest BCUT2D eigenvalue weighted by Gasteiger charge is 2.14. The number of hydrogen-bond acceptors (Lipinski definition) is 5. The number of pyridine rings is 1. The van der Waals surface area contributed by atoms with E-state index in [4.69, 9.17) is 10.1 Å². The molecule has 0 aliphatic carbocycles. The number of hydrogen-bond donors (Lipinski definition) is 1. The van der Waals surface area contributed by atoms with Crippen LogP contribution in [0.2, 0.25) is 0 Å². The van der Waals surface area contributed by atoms with Crippen molar-refractivity contribution >= 4 is 21.8 Å². The highest BCUT2D eigenvalue weighted by Crippen LogP contribution is 2.27. The van der Waals surface area contributed by atoms with Gasteiger partial charge in [-0.1, -0.05) is 17.7 Å². The molecule has 0 saturated heterocycles. The van der Waals surface area contributed by atoms with E-state index in [-0.39, 0.29) is 4.90 Å². The van der Waals surface area contributed by atoms with Crippen molar-refractivity contribution in [3.8, 4) is 17.1 Å². The molecule has 0 fully saturated rings. The summed E-state index contributed by atoms with van der Waals surface area (Å²) in [6.45, 7) is 2.07. The minimum atomic E-state index is -3.74. The first kappa shape index (κ1) is 20.3. The standard InChI is InChI=1S/C22H20N4O2S2/c1-16-4-8-20(9-5-16)29-15-18-14-26(22(25-18)17-3-2-12-24-13-17)19-6-10-21(11-7-19)30(23,27)28/h2-14H,15H2,1H3,(H2,23,27,28). The van der Waals surface area contributed by atoms with Crippen molar-refractivity contribution in [3.63, 3.8) is 0 Å². The number of aryl methyl sites for hydroxylation is 1. The van der Waals surface area contributed by atoms with Gasteiger partial charge in [0.25, 0.3) is 0 Å². The molecule has 0 unspecified atom stereocenters. The summed E-state index contributed by atoms with van der Waals surface area (Å²) in [5, 5.41) is 5.22. The zero-order valence-electron chi connectivity index (χ0n) is 16.3. The number of rotatable bonds is 6. The van der Waals surface area contributed by atoms with Gasteiger partial charge in [-0.15, -0.1) is 11.8 Å². The average molecular weight is 437 g/mol. The van der Waals surface area contributed by atoms with Crippen LogP contribution in [0.4, 0.5) is 0 Å². The molecule has 0 amide bonds. The molecule has 4 aromatic rings. The molecule has 0 aliphatic heterocycles. The third kappa shape index (κ3) is 4.62. The fraction of sp³-hybridized carbons (Fsp3) is 0.0909. The second-order valence-corrected chi connectivity index (χ2v) is 9.42. The van der Waals surface area contributed by atoms with E-state index in [2.05, 4.69) is 36.2 Å². The molecule has 8 heteroatoms. The van der Waals surface area contributed by atoms with Crippen molar-refractivity contribution in [2.24, 2.45) is 5.14 Å². The Kier molecular flexibility index (Phi) is 5.72. The molecule has 0 aliphatic rings. The van der Waals surface area contributed by atoms with Crippen LogP contribution in [0, 0.1) is 6.92 Å². The van der Waals surface area contributed by atoms with E-state index in [9.17, 15) is 8.42 Å². The molecule has 2 aromatic heterocycles. The second-order valence-electron chi connectivity index (χ2n) is 6.81. The summed E-state index contributed by atoms with van der Waals surface area (Å²) < 4.78 is 25.1. The molecule has 152 valence electrons. The lowest BCUT2D eigenvalue weighted by Gasteiger charge is -2.08. The molecule has 4 rings (SSSR count). The minimum Gasteiger partial charge on any atom is -0.299 e. The Morgan fingerprint density at radius 2 is 1.77 bits per heavy atom. The van der Waals surface area contributed by atoms with E-state index in [1.165, 1.54) is 22.6 Å². The van der Waals surface area contributed by atoms with Crippen molar-refractivity contribution in [1.29, 1.82) is 0 Å². The SMILES string of the molecule is Cc1ccc(SCc2cn(-c3ccc(S(N)(=O)=O)cc3)c(-c3cccnc3)n2)cc1. The summed E-state index contributed by atoms with van der Waals surface area (Å²) in [5.41, 5.74) is 3.81. The van der Waals surface area contributed by atoms with Crippen molar-refractivity contribution in [3.05, 3.63) is 90.5 Å². The van der Waals surface area contributed by atoms with E-state index in [0.717, 1.165) is 22.8 Å². The van der Waals surface area contributed by atoms with Gasteiger partial charge in [0.05, 0.1) is 10.6 Å². The molecule has 0 spiro atoms. The zero-order chi connectivity index (χ0) is 21.1. The predicted molar refractivity (Wildman–Crippen MR) is 119 cm³/mol. The summed E-state index contributed by atoms with van der Waals surface area (Å²) in [7, 11) is -3.74. The predicted octanol–water partition coefficient (Wildman–Crippen LogP) is 4.18. The van der Waals surface area contributed by atoms with Crippen LogP contribution in [-0.4, -0.2) is 23.0 Å². The van der Waals surface area contributed by atoms with Crippen LogP contribution in [0.1, 0.15) is 11.3 Å². The Bertz CT molecular complexity index is 1250. The fourth-order valence-corrected chi connectivity index (χ4v) is 4.28. The quantitative estimate of drug-likeness (QED) is 0.458. The van der Waals surface area contributed by atoms with Gasteiger partial charge in [0, 0.05) is 40.5 Å². The summed E-state index contributed by atoms with van der Waals surface area (Å²) in [4.78, 5) is 10.3. The third-order valence-electron chi connectivity index (χ3n) is 4.53. The first-order valence-corrected chi connectivity index (χ1v) is 11.7.